The third kappa shape index (κ3) is 2.90. The lowest BCUT2D eigenvalue weighted by Gasteiger charge is -2.10. The van der Waals surface area contributed by atoms with Crippen LogP contribution in [-0.4, -0.2) is 24.1 Å². The highest BCUT2D eigenvalue weighted by molar-refractivity contribution is 7.18. The number of carbonyl (C=O) groups is 1. The van der Waals surface area contributed by atoms with Gasteiger partial charge in [0.15, 0.2) is 15.2 Å². The van der Waals surface area contributed by atoms with Crippen LogP contribution in [0.1, 0.15) is 35.9 Å². The summed E-state index contributed by atoms with van der Waals surface area (Å²) in [6.45, 7) is 2.25. The smallest absolute Gasteiger partial charge is 0.351 e. The van der Waals surface area contributed by atoms with Crippen LogP contribution < -0.4 is 5.32 Å². The van der Waals surface area contributed by atoms with Crippen molar-refractivity contribution in [3.8, 4) is 0 Å². The minimum absolute atomic E-state index is 0.218. The molecule has 2 rings (SSSR count). The molecule has 0 aliphatic heterocycles. The van der Waals surface area contributed by atoms with Crippen molar-refractivity contribution in [3.05, 3.63) is 10.0 Å². The van der Waals surface area contributed by atoms with Crippen LogP contribution in [0.2, 0.25) is 5.15 Å². The van der Waals surface area contributed by atoms with Crippen molar-refractivity contribution in [2.75, 3.05) is 12.4 Å². The highest BCUT2D eigenvalue weighted by atomic mass is 35.5. The van der Waals surface area contributed by atoms with Crippen LogP contribution in [0.3, 0.4) is 0 Å². The maximum absolute atomic E-state index is 11.4. The third-order valence-electron chi connectivity index (χ3n) is 2.98. The first-order valence-corrected chi connectivity index (χ1v) is 6.80. The topological polar surface area (TPSA) is 51.2 Å². The molecule has 1 aliphatic rings. The maximum Gasteiger partial charge on any atom is 0.351 e. The van der Waals surface area contributed by atoms with E-state index in [4.69, 9.17) is 11.6 Å². The van der Waals surface area contributed by atoms with Crippen molar-refractivity contribution in [3.63, 3.8) is 0 Å². The van der Waals surface area contributed by atoms with E-state index in [-0.39, 0.29) is 5.15 Å². The van der Waals surface area contributed by atoms with Crippen LogP contribution in [0.5, 0.6) is 0 Å². The van der Waals surface area contributed by atoms with Crippen LogP contribution in [0.4, 0.5) is 5.13 Å². The van der Waals surface area contributed by atoms with E-state index in [0.717, 1.165) is 18.8 Å². The Morgan fingerprint density at radius 3 is 2.94 bits per heavy atom. The molecule has 94 valence electrons. The molecule has 4 nitrogen and oxygen atoms in total. The average Bonchev–Trinajstić information content (AvgIpc) is 2.85. The summed E-state index contributed by atoms with van der Waals surface area (Å²) in [6, 6.07) is 0.442. The molecule has 1 saturated carbocycles. The first-order chi connectivity index (χ1) is 8.10. The van der Waals surface area contributed by atoms with Gasteiger partial charge in [0.1, 0.15) is 0 Å². The Balaban J connectivity index is 2.05. The summed E-state index contributed by atoms with van der Waals surface area (Å²) in [6.07, 6.45) is 3.53. The molecule has 0 bridgehead atoms. The van der Waals surface area contributed by atoms with Gasteiger partial charge in [-0.1, -0.05) is 29.9 Å². The Morgan fingerprint density at radius 2 is 2.35 bits per heavy atom. The van der Waals surface area contributed by atoms with E-state index >= 15 is 0 Å². The maximum atomic E-state index is 11.4. The van der Waals surface area contributed by atoms with E-state index in [2.05, 4.69) is 22.0 Å². The number of carbonyl (C=O) groups excluding carboxylic acids is 1. The number of rotatable bonds is 3. The van der Waals surface area contributed by atoms with Crippen LogP contribution in [0.25, 0.3) is 0 Å². The van der Waals surface area contributed by atoms with Gasteiger partial charge in [-0.2, -0.15) is 0 Å². The van der Waals surface area contributed by atoms with Gasteiger partial charge < -0.3 is 10.1 Å². The van der Waals surface area contributed by atoms with E-state index in [1.54, 1.807) is 0 Å². The molecule has 0 aromatic carbocycles. The monoisotopic (exact) mass is 274 g/mol. The average molecular weight is 275 g/mol. The van der Waals surface area contributed by atoms with Gasteiger partial charge in [-0.05, 0) is 25.2 Å². The number of ether oxygens (including phenoxy) is 1. The van der Waals surface area contributed by atoms with Crippen molar-refractivity contribution in [1.82, 2.24) is 4.98 Å². The molecule has 1 aromatic rings. The van der Waals surface area contributed by atoms with Crippen molar-refractivity contribution in [1.29, 1.82) is 0 Å². The number of halogens is 1. The second kappa shape index (κ2) is 5.23. The van der Waals surface area contributed by atoms with Gasteiger partial charge in [0.05, 0.1) is 7.11 Å². The zero-order chi connectivity index (χ0) is 12.4. The molecule has 1 fully saturated rings. The van der Waals surface area contributed by atoms with Crippen LogP contribution in [0.15, 0.2) is 0 Å². The van der Waals surface area contributed by atoms with Crippen molar-refractivity contribution in [2.45, 2.75) is 32.2 Å². The van der Waals surface area contributed by atoms with Gasteiger partial charge in [-0.25, -0.2) is 9.78 Å². The summed E-state index contributed by atoms with van der Waals surface area (Å²) in [5, 5.41) is 4.25. The summed E-state index contributed by atoms with van der Waals surface area (Å²) in [5.41, 5.74) is 0. The second-order valence-electron chi connectivity index (χ2n) is 4.39. The van der Waals surface area contributed by atoms with E-state index in [1.165, 1.54) is 24.9 Å². The van der Waals surface area contributed by atoms with Gasteiger partial charge in [0.25, 0.3) is 0 Å². The van der Waals surface area contributed by atoms with Crippen LogP contribution >= 0.6 is 22.9 Å². The zero-order valence-corrected chi connectivity index (χ0v) is 11.4. The minimum atomic E-state index is -0.430. The Bertz CT molecular complexity index is 422. The molecule has 2 unspecified atom stereocenters. The first kappa shape index (κ1) is 12.6. The summed E-state index contributed by atoms with van der Waals surface area (Å²) < 4.78 is 4.64. The number of thiazole rings is 1. The number of nitrogens with zero attached hydrogens (tertiary/aromatic N) is 1. The van der Waals surface area contributed by atoms with Gasteiger partial charge in [-0.3, -0.25) is 0 Å². The molecule has 1 aliphatic carbocycles. The fraction of sp³-hybridized carbons (Fsp3) is 0.636. The highest BCUT2D eigenvalue weighted by Gasteiger charge is 2.23. The van der Waals surface area contributed by atoms with E-state index in [1.807, 2.05) is 0 Å². The van der Waals surface area contributed by atoms with Crippen molar-refractivity contribution >= 4 is 34.0 Å². The predicted octanol–water partition coefficient (Wildman–Crippen LogP) is 3.18. The number of anilines is 1. The molecule has 2 atom stereocenters. The molecule has 17 heavy (non-hydrogen) atoms. The lowest BCUT2D eigenvalue weighted by Crippen LogP contribution is -2.14. The molecule has 0 amide bonds. The third-order valence-corrected chi connectivity index (χ3v) is 4.33. The molecule has 1 aromatic heterocycles. The largest absolute Gasteiger partial charge is 0.465 e. The van der Waals surface area contributed by atoms with E-state index < -0.39 is 5.97 Å². The van der Waals surface area contributed by atoms with Crippen molar-refractivity contribution < 1.29 is 9.53 Å². The van der Waals surface area contributed by atoms with Gasteiger partial charge in [-0.15, -0.1) is 0 Å². The Morgan fingerprint density at radius 1 is 1.59 bits per heavy atom. The number of aromatic nitrogens is 1. The molecule has 6 heteroatoms. The highest BCUT2D eigenvalue weighted by Crippen LogP contribution is 2.32. The van der Waals surface area contributed by atoms with Gasteiger partial charge in [0.2, 0.25) is 0 Å². The van der Waals surface area contributed by atoms with Crippen LogP contribution in [0, 0.1) is 5.92 Å². The number of esters is 1. The SMILES string of the molecule is COC(=O)c1sc(NC2CCC(C)C2)nc1Cl. The van der Waals surface area contributed by atoms with Crippen molar-refractivity contribution in [2.24, 2.45) is 5.92 Å². The fourth-order valence-corrected chi connectivity index (χ4v) is 3.27. The minimum Gasteiger partial charge on any atom is -0.465 e. The molecule has 0 spiro atoms. The van der Waals surface area contributed by atoms with E-state index in [0.29, 0.717) is 16.1 Å². The quantitative estimate of drug-likeness (QED) is 0.860. The van der Waals surface area contributed by atoms with Gasteiger partial charge in [0, 0.05) is 6.04 Å². The lowest BCUT2D eigenvalue weighted by molar-refractivity contribution is 0.0606. The molecule has 1 N–H and O–H groups in total. The summed E-state index contributed by atoms with van der Waals surface area (Å²) in [5.74, 6) is 0.323. The molecular weight excluding hydrogens is 260 g/mol. The molecular formula is C11H15ClN2O2S. The number of nitrogens with one attached hydrogen (secondary N) is 1. The number of methoxy groups -OCH3 is 1. The summed E-state index contributed by atoms with van der Waals surface area (Å²) in [4.78, 5) is 15.9. The fourth-order valence-electron chi connectivity index (χ4n) is 2.09. The van der Waals surface area contributed by atoms with Crippen LogP contribution in [-0.2, 0) is 4.74 Å². The lowest BCUT2D eigenvalue weighted by atomic mass is 10.1. The standard InChI is InChI=1S/C11H15ClN2O2S/c1-6-3-4-7(5-6)13-11-14-9(12)8(17-11)10(15)16-2/h6-7H,3-5H2,1-2H3,(H,13,14). The Kier molecular flexibility index (Phi) is 3.89. The summed E-state index contributed by atoms with van der Waals surface area (Å²) in [7, 11) is 1.34. The molecule has 0 radical (unpaired) electrons. The Labute approximate surface area is 109 Å². The normalized spacial score (nSPS) is 23.7. The number of hydrogen-bond donors (Lipinski definition) is 1. The number of hydrogen-bond acceptors (Lipinski definition) is 5. The summed E-state index contributed by atoms with van der Waals surface area (Å²) >= 11 is 7.14. The zero-order valence-electron chi connectivity index (χ0n) is 9.83. The van der Waals surface area contributed by atoms with E-state index in [9.17, 15) is 4.79 Å². The molecule has 0 saturated heterocycles. The van der Waals surface area contributed by atoms with Gasteiger partial charge >= 0.3 is 5.97 Å². The second-order valence-corrected chi connectivity index (χ2v) is 5.75. The first-order valence-electron chi connectivity index (χ1n) is 5.61. The Hall–Kier alpha value is -0.810. The predicted molar refractivity (Wildman–Crippen MR) is 68.9 cm³/mol. The molecule has 1 heterocycles.